The van der Waals surface area contributed by atoms with Crippen LogP contribution in [0.2, 0.25) is 0 Å². The molecule has 0 radical (unpaired) electrons. The van der Waals surface area contributed by atoms with Gasteiger partial charge in [-0.15, -0.1) is 0 Å². The third-order valence-corrected chi connectivity index (χ3v) is 7.49. The van der Waals surface area contributed by atoms with E-state index in [1.54, 1.807) is 50.2 Å². The molecule has 288 valence electrons. The number of nitrogens with one attached hydrogen (secondary N) is 4. The number of esters is 2. The van der Waals surface area contributed by atoms with E-state index in [0.29, 0.717) is 62.0 Å². The van der Waals surface area contributed by atoms with Gasteiger partial charge in [-0.2, -0.15) is 0 Å². The van der Waals surface area contributed by atoms with Crippen LogP contribution >= 0.6 is 0 Å². The van der Waals surface area contributed by atoms with Gasteiger partial charge in [0.1, 0.15) is 34.9 Å². The zero-order valence-corrected chi connectivity index (χ0v) is 32.1. The first kappa shape index (κ1) is 41.5. The SMILES string of the molecule is CCOC(=O)[C@@H](C)C[C@H]1CNc2cc(NC(=O)OC(C)(C)C)ccc2O1.CCOC(=O)[C@H](C)C[C@H]1CNc2cc(NC(=O)OC(C)(C)C)ccc2O1. The molecule has 2 heterocycles. The van der Waals surface area contributed by atoms with Crippen molar-refractivity contribution in [1.29, 1.82) is 0 Å². The molecule has 0 bridgehead atoms. The summed E-state index contributed by atoms with van der Waals surface area (Å²) in [5.74, 6) is 0.504. The average Bonchev–Trinajstić information content (AvgIpc) is 3.03. The number of hydrogen-bond donors (Lipinski definition) is 4. The topological polar surface area (TPSA) is 172 Å². The van der Waals surface area contributed by atoms with E-state index >= 15 is 0 Å². The van der Waals surface area contributed by atoms with Gasteiger partial charge in [-0.05, 0) is 105 Å². The van der Waals surface area contributed by atoms with Crippen LogP contribution in [0, 0.1) is 11.8 Å². The third kappa shape index (κ3) is 14.0. The molecule has 14 nitrogen and oxygen atoms in total. The lowest BCUT2D eigenvalue weighted by atomic mass is 10.0. The van der Waals surface area contributed by atoms with Crippen LogP contribution in [0.15, 0.2) is 36.4 Å². The second-order valence-corrected chi connectivity index (χ2v) is 14.7. The van der Waals surface area contributed by atoms with Crippen LogP contribution in [-0.2, 0) is 28.5 Å². The number of benzene rings is 2. The minimum absolute atomic E-state index is 0.119. The standard InChI is InChI=1S/2C19H28N2O5/c2*1-6-24-17(22)12(2)9-14-11-20-15-10-13(7-8-16(15)25-14)21-18(23)26-19(3,4)5/h2*7-8,10,12,14,20H,6,9,11H2,1-5H3,(H,21,23)/t12-,14+;12-,14-/m10/s1. The van der Waals surface area contributed by atoms with Gasteiger partial charge in [0.2, 0.25) is 0 Å². The lowest BCUT2D eigenvalue weighted by Gasteiger charge is -2.29. The van der Waals surface area contributed by atoms with Gasteiger partial charge in [0.15, 0.2) is 0 Å². The van der Waals surface area contributed by atoms with Crippen molar-refractivity contribution in [1.82, 2.24) is 0 Å². The van der Waals surface area contributed by atoms with Gasteiger partial charge in [0.25, 0.3) is 0 Å². The predicted octanol–water partition coefficient (Wildman–Crippen LogP) is 7.59. The van der Waals surface area contributed by atoms with E-state index in [1.165, 1.54) is 0 Å². The Kier molecular flexibility index (Phi) is 14.8. The molecule has 0 saturated heterocycles. The Balaban J connectivity index is 0.000000280. The van der Waals surface area contributed by atoms with Crippen molar-refractivity contribution >= 4 is 46.9 Å². The van der Waals surface area contributed by atoms with E-state index in [2.05, 4.69) is 21.3 Å². The maximum Gasteiger partial charge on any atom is 0.412 e. The number of amides is 2. The van der Waals surface area contributed by atoms with E-state index in [1.807, 2.05) is 55.4 Å². The largest absolute Gasteiger partial charge is 0.486 e. The van der Waals surface area contributed by atoms with E-state index in [0.717, 1.165) is 11.4 Å². The second-order valence-electron chi connectivity index (χ2n) is 14.7. The highest BCUT2D eigenvalue weighted by Gasteiger charge is 2.27. The molecule has 2 aliphatic rings. The summed E-state index contributed by atoms with van der Waals surface area (Å²) in [5.41, 5.74) is 1.71. The average molecular weight is 729 g/mol. The molecular formula is C38H56N4O10. The van der Waals surface area contributed by atoms with Crippen molar-refractivity contribution in [2.24, 2.45) is 11.8 Å². The normalized spacial score (nSPS) is 17.2. The lowest BCUT2D eigenvalue weighted by Crippen LogP contribution is -2.34. The number of carbonyl (C=O) groups excluding carboxylic acids is 4. The van der Waals surface area contributed by atoms with Gasteiger partial charge in [-0.3, -0.25) is 20.2 Å². The smallest absolute Gasteiger partial charge is 0.412 e. The lowest BCUT2D eigenvalue weighted by molar-refractivity contribution is -0.149. The molecule has 0 saturated carbocycles. The first-order valence-corrected chi connectivity index (χ1v) is 17.8. The first-order chi connectivity index (χ1) is 24.3. The fraction of sp³-hybridized carbons (Fsp3) is 0.579. The molecule has 2 aromatic carbocycles. The Morgan fingerprint density at radius 2 is 1.06 bits per heavy atom. The fourth-order valence-electron chi connectivity index (χ4n) is 5.24. The molecule has 0 aromatic heterocycles. The molecule has 0 fully saturated rings. The Labute approximate surface area is 306 Å². The van der Waals surface area contributed by atoms with Gasteiger partial charge >= 0.3 is 24.1 Å². The van der Waals surface area contributed by atoms with Gasteiger partial charge in [-0.1, -0.05) is 13.8 Å². The zero-order chi connectivity index (χ0) is 38.6. The zero-order valence-electron chi connectivity index (χ0n) is 32.1. The molecule has 4 N–H and O–H groups in total. The summed E-state index contributed by atoms with van der Waals surface area (Å²) in [6.45, 7) is 20.0. The Bertz CT molecular complexity index is 1420. The number of anilines is 4. The highest BCUT2D eigenvalue weighted by atomic mass is 16.6. The number of ether oxygens (including phenoxy) is 6. The van der Waals surface area contributed by atoms with Crippen LogP contribution in [0.5, 0.6) is 11.5 Å². The summed E-state index contributed by atoms with van der Waals surface area (Å²) in [5, 5.41) is 12.0. The number of carbonyl (C=O) groups is 4. The highest BCUT2D eigenvalue weighted by Crippen LogP contribution is 2.34. The van der Waals surface area contributed by atoms with Crippen molar-refractivity contribution in [3.8, 4) is 11.5 Å². The second kappa shape index (κ2) is 18.6. The Hall–Kier alpha value is -4.88. The van der Waals surface area contributed by atoms with Crippen LogP contribution in [0.25, 0.3) is 0 Å². The van der Waals surface area contributed by atoms with Crippen LogP contribution in [0.1, 0.15) is 82.1 Å². The summed E-state index contributed by atoms with van der Waals surface area (Å²) >= 11 is 0. The van der Waals surface area contributed by atoms with Gasteiger partial charge in [0.05, 0.1) is 49.5 Å². The molecule has 52 heavy (non-hydrogen) atoms. The molecule has 2 aromatic rings. The van der Waals surface area contributed by atoms with E-state index < -0.39 is 23.4 Å². The summed E-state index contributed by atoms with van der Waals surface area (Å²) in [4.78, 5) is 47.2. The number of hydrogen-bond acceptors (Lipinski definition) is 12. The van der Waals surface area contributed by atoms with Crippen molar-refractivity contribution in [3.05, 3.63) is 36.4 Å². The maximum absolute atomic E-state index is 11.9. The third-order valence-electron chi connectivity index (χ3n) is 7.49. The number of rotatable bonds is 10. The van der Waals surface area contributed by atoms with Crippen molar-refractivity contribution in [3.63, 3.8) is 0 Å². The Morgan fingerprint density at radius 3 is 1.38 bits per heavy atom. The van der Waals surface area contributed by atoms with Crippen LogP contribution < -0.4 is 30.7 Å². The van der Waals surface area contributed by atoms with E-state index in [-0.39, 0.29) is 36.0 Å². The monoisotopic (exact) mass is 728 g/mol. The summed E-state index contributed by atoms with van der Waals surface area (Å²) in [6.07, 6.45) is -0.101. The molecule has 4 atom stereocenters. The van der Waals surface area contributed by atoms with Crippen LogP contribution in [0.3, 0.4) is 0 Å². The van der Waals surface area contributed by atoms with Crippen LogP contribution in [0.4, 0.5) is 32.3 Å². The minimum atomic E-state index is -0.553. The molecule has 4 rings (SSSR count). The van der Waals surface area contributed by atoms with Gasteiger partial charge < -0.3 is 39.1 Å². The van der Waals surface area contributed by atoms with E-state index in [4.69, 9.17) is 28.4 Å². The molecule has 0 unspecified atom stereocenters. The molecule has 2 aliphatic heterocycles. The van der Waals surface area contributed by atoms with Crippen molar-refractivity contribution in [2.75, 3.05) is 47.6 Å². The maximum atomic E-state index is 11.9. The fourth-order valence-corrected chi connectivity index (χ4v) is 5.24. The summed E-state index contributed by atoms with van der Waals surface area (Å²) in [6, 6.07) is 10.7. The molecule has 0 aliphatic carbocycles. The van der Waals surface area contributed by atoms with Crippen molar-refractivity contribution in [2.45, 2.75) is 105 Å². The molecule has 2 amide bonds. The van der Waals surface area contributed by atoms with E-state index in [9.17, 15) is 19.2 Å². The predicted molar refractivity (Wildman–Crippen MR) is 199 cm³/mol. The molecule has 0 spiro atoms. The summed E-state index contributed by atoms with van der Waals surface area (Å²) < 4.78 is 32.5. The molecular weight excluding hydrogens is 672 g/mol. The van der Waals surface area contributed by atoms with Crippen molar-refractivity contribution < 1.29 is 47.6 Å². The molecule has 14 heteroatoms. The van der Waals surface area contributed by atoms with Gasteiger partial charge in [-0.25, -0.2) is 9.59 Å². The highest BCUT2D eigenvalue weighted by molar-refractivity contribution is 5.87. The summed E-state index contributed by atoms with van der Waals surface area (Å²) in [7, 11) is 0. The van der Waals surface area contributed by atoms with Crippen LogP contribution in [-0.4, -0.2) is 73.8 Å². The first-order valence-electron chi connectivity index (χ1n) is 17.8. The minimum Gasteiger partial charge on any atom is -0.486 e. The van der Waals surface area contributed by atoms with Gasteiger partial charge in [0, 0.05) is 11.4 Å². The number of fused-ring (bicyclic) bond motifs is 2. The quantitative estimate of drug-likeness (QED) is 0.140. The Morgan fingerprint density at radius 1 is 0.692 bits per heavy atom.